The van der Waals surface area contributed by atoms with Crippen molar-refractivity contribution in [3.05, 3.63) is 39.6 Å². The largest absolute Gasteiger partial charge is 0.460 e. The van der Waals surface area contributed by atoms with Gasteiger partial charge in [0.15, 0.2) is 0 Å². The van der Waals surface area contributed by atoms with Crippen molar-refractivity contribution in [3.63, 3.8) is 0 Å². The minimum Gasteiger partial charge on any atom is -0.460 e. The zero-order valence-corrected chi connectivity index (χ0v) is 12.3. The van der Waals surface area contributed by atoms with Crippen LogP contribution < -0.4 is 5.56 Å². The molecular weight excluding hydrogens is 256 g/mol. The number of hydrogen-bond donors (Lipinski definition) is 1. The van der Waals surface area contributed by atoms with Crippen molar-refractivity contribution in [2.45, 2.75) is 27.7 Å². The van der Waals surface area contributed by atoms with Crippen LogP contribution in [0.25, 0.3) is 12.2 Å². The minimum atomic E-state index is -0.618. The molecule has 1 atom stereocenters. The van der Waals surface area contributed by atoms with Gasteiger partial charge in [-0.05, 0) is 18.9 Å². The highest BCUT2D eigenvalue weighted by atomic mass is 16.5. The highest BCUT2D eigenvalue weighted by molar-refractivity contribution is 5.85. The third kappa shape index (κ3) is 3.66. The van der Waals surface area contributed by atoms with E-state index in [1.807, 2.05) is 32.9 Å². The summed E-state index contributed by atoms with van der Waals surface area (Å²) in [5, 5.41) is 0. The maximum absolute atomic E-state index is 11.9. The Bertz CT molecular complexity index is 585. The van der Waals surface area contributed by atoms with Crippen molar-refractivity contribution in [1.29, 1.82) is 0 Å². The second kappa shape index (κ2) is 7.43. The molecule has 1 N–H and O–H groups in total. The van der Waals surface area contributed by atoms with Gasteiger partial charge >= 0.3 is 5.97 Å². The zero-order chi connectivity index (χ0) is 15.1. The van der Waals surface area contributed by atoms with Crippen molar-refractivity contribution in [2.75, 3.05) is 6.61 Å². The summed E-state index contributed by atoms with van der Waals surface area (Å²) < 4.78 is 4.81. The molecule has 0 fully saturated rings. The first-order valence-electron chi connectivity index (χ1n) is 6.79. The zero-order valence-electron chi connectivity index (χ0n) is 12.3. The number of esters is 1. The number of rotatable bonds is 2. The van der Waals surface area contributed by atoms with E-state index < -0.39 is 5.97 Å². The first-order valence-corrected chi connectivity index (χ1v) is 6.79. The Morgan fingerprint density at radius 1 is 1.35 bits per heavy atom. The van der Waals surface area contributed by atoms with E-state index >= 15 is 0 Å². The fraction of sp³-hybridized carbons (Fsp3) is 0.400. The maximum Gasteiger partial charge on any atom is 0.374 e. The Balaban J connectivity index is 0.000000956. The molecule has 1 unspecified atom stereocenters. The third-order valence-corrected chi connectivity index (χ3v) is 2.58. The average molecular weight is 276 g/mol. The van der Waals surface area contributed by atoms with Gasteiger partial charge in [0.1, 0.15) is 0 Å². The van der Waals surface area contributed by atoms with Crippen LogP contribution in [0.4, 0.5) is 0 Å². The molecule has 5 heteroatoms. The van der Waals surface area contributed by atoms with E-state index in [0.29, 0.717) is 11.3 Å². The van der Waals surface area contributed by atoms with Crippen LogP contribution in [0, 0.1) is 5.92 Å². The normalized spacial score (nSPS) is 15.7. The van der Waals surface area contributed by atoms with Crippen molar-refractivity contribution in [3.8, 4) is 0 Å². The van der Waals surface area contributed by atoms with Crippen LogP contribution in [0.3, 0.4) is 0 Å². The number of nitrogens with one attached hydrogen (secondary N) is 1. The monoisotopic (exact) mass is 276 g/mol. The van der Waals surface area contributed by atoms with Gasteiger partial charge in [-0.25, -0.2) is 9.78 Å². The topological polar surface area (TPSA) is 72.0 Å². The number of hydrogen-bond acceptors (Lipinski definition) is 4. The van der Waals surface area contributed by atoms with Crippen LogP contribution in [0.2, 0.25) is 0 Å². The Morgan fingerprint density at radius 2 is 2.00 bits per heavy atom. The van der Waals surface area contributed by atoms with Crippen LogP contribution >= 0.6 is 0 Å². The molecule has 0 amide bonds. The summed E-state index contributed by atoms with van der Waals surface area (Å²) in [5.74, 6) is -0.454. The Kier molecular flexibility index (Phi) is 5.90. The fourth-order valence-electron chi connectivity index (χ4n) is 1.64. The third-order valence-electron chi connectivity index (χ3n) is 2.58. The summed E-state index contributed by atoms with van der Waals surface area (Å²) in [6.45, 7) is 7.94. The molecule has 1 aliphatic rings. The van der Waals surface area contributed by atoms with Crippen LogP contribution in [-0.2, 0) is 4.74 Å². The number of allylic oxidation sites excluding steroid dienone is 2. The molecule has 1 aromatic heterocycles. The summed E-state index contributed by atoms with van der Waals surface area (Å²) in [4.78, 5) is 30.0. The average Bonchev–Trinajstić information content (AvgIpc) is 2.64. The molecule has 0 saturated carbocycles. The SMILES string of the molecule is CC.CCOC(=O)c1nc2c(c(=O)[nH]1)C=CC(C)C=C2. The van der Waals surface area contributed by atoms with E-state index in [1.54, 1.807) is 19.1 Å². The van der Waals surface area contributed by atoms with E-state index in [0.717, 1.165) is 0 Å². The van der Waals surface area contributed by atoms with E-state index in [4.69, 9.17) is 4.74 Å². The van der Waals surface area contributed by atoms with Gasteiger partial charge in [-0.1, -0.05) is 39.0 Å². The minimum absolute atomic E-state index is 0.0618. The first-order chi connectivity index (χ1) is 9.61. The second-order valence-corrected chi connectivity index (χ2v) is 4.01. The number of H-pyrrole nitrogens is 1. The number of ether oxygens (including phenoxy) is 1. The van der Waals surface area contributed by atoms with Gasteiger partial charge in [0.05, 0.1) is 17.9 Å². The lowest BCUT2D eigenvalue weighted by Gasteiger charge is -2.03. The molecule has 5 nitrogen and oxygen atoms in total. The molecule has 0 aromatic carbocycles. The molecule has 0 saturated heterocycles. The predicted octanol–water partition coefficient (Wildman–Crippen LogP) is 2.65. The molecule has 0 aliphatic heterocycles. The van der Waals surface area contributed by atoms with Gasteiger partial charge in [-0.2, -0.15) is 0 Å². The maximum atomic E-state index is 11.9. The molecule has 0 spiro atoms. The van der Waals surface area contributed by atoms with Crippen molar-refractivity contribution in [2.24, 2.45) is 5.92 Å². The fourth-order valence-corrected chi connectivity index (χ4v) is 1.64. The molecule has 0 radical (unpaired) electrons. The van der Waals surface area contributed by atoms with Crippen LogP contribution in [-0.4, -0.2) is 22.5 Å². The molecule has 1 aromatic rings. The number of aromatic amines is 1. The van der Waals surface area contributed by atoms with Crippen molar-refractivity contribution < 1.29 is 9.53 Å². The van der Waals surface area contributed by atoms with E-state index in [1.165, 1.54) is 0 Å². The van der Waals surface area contributed by atoms with Gasteiger partial charge < -0.3 is 9.72 Å². The van der Waals surface area contributed by atoms with Gasteiger partial charge in [0, 0.05) is 0 Å². The molecular formula is C15H20N2O3. The standard InChI is InChI=1S/C13H14N2O3.C2H6/c1-3-18-13(17)11-14-10-7-5-8(2)4-6-9(10)12(16)15-11;1-2/h4-8H,3H2,1-2H3,(H,14,15,16);1-2H3. The molecule has 2 rings (SSSR count). The number of fused-ring (bicyclic) bond motifs is 1. The van der Waals surface area contributed by atoms with E-state index in [2.05, 4.69) is 9.97 Å². The molecule has 0 bridgehead atoms. The molecule has 1 aliphatic carbocycles. The van der Waals surface area contributed by atoms with Gasteiger partial charge in [0.2, 0.25) is 5.82 Å². The lowest BCUT2D eigenvalue weighted by atomic mass is 10.1. The van der Waals surface area contributed by atoms with Crippen LogP contribution in [0.1, 0.15) is 49.6 Å². The number of carbonyl (C=O) groups excluding carboxylic acids is 1. The molecule has 1 heterocycles. The Hall–Kier alpha value is -2.17. The highest BCUT2D eigenvalue weighted by Crippen LogP contribution is 2.15. The van der Waals surface area contributed by atoms with Crippen LogP contribution in [0.5, 0.6) is 0 Å². The van der Waals surface area contributed by atoms with Gasteiger partial charge in [-0.15, -0.1) is 0 Å². The molecule has 108 valence electrons. The smallest absolute Gasteiger partial charge is 0.374 e. The lowest BCUT2D eigenvalue weighted by molar-refractivity contribution is 0.0511. The van der Waals surface area contributed by atoms with Gasteiger partial charge in [-0.3, -0.25) is 4.79 Å². The summed E-state index contributed by atoms with van der Waals surface area (Å²) in [6.07, 6.45) is 7.30. The highest BCUT2D eigenvalue weighted by Gasteiger charge is 2.15. The van der Waals surface area contributed by atoms with Gasteiger partial charge in [0.25, 0.3) is 5.56 Å². The number of carbonyl (C=O) groups is 1. The Labute approximate surface area is 118 Å². The van der Waals surface area contributed by atoms with Crippen molar-refractivity contribution >= 4 is 18.1 Å². The van der Waals surface area contributed by atoms with E-state index in [9.17, 15) is 9.59 Å². The number of aromatic nitrogens is 2. The lowest BCUT2D eigenvalue weighted by Crippen LogP contribution is -2.20. The quantitative estimate of drug-likeness (QED) is 0.843. The summed E-state index contributed by atoms with van der Waals surface area (Å²) >= 11 is 0. The summed E-state index contributed by atoms with van der Waals surface area (Å²) in [7, 11) is 0. The van der Waals surface area contributed by atoms with E-state index in [-0.39, 0.29) is 23.9 Å². The van der Waals surface area contributed by atoms with Crippen molar-refractivity contribution in [1.82, 2.24) is 9.97 Å². The summed E-state index contributed by atoms with van der Waals surface area (Å²) in [6, 6.07) is 0. The first kappa shape index (κ1) is 15.9. The molecule has 20 heavy (non-hydrogen) atoms. The number of nitrogens with zero attached hydrogens (tertiary/aromatic N) is 1. The summed E-state index contributed by atoms with van der Waals surface area (Å²) in [5.41, 5.74) is 0.615. The second-order valence-electron chi connectivity index (χ2n) is 4.01. The van der Waals surface area contributed by atoms with Crippen LogP contribution in [0.15, 0.2) is 16.9 Å². The Morgan fingerprint density at radius 3 is 2.65 bits per heavy atom. The predicted molar refractivity (Wildman–Crippen MR) is 79.4 cm³/mol.